The molecule has 0 unspecified atom stereocenters. The largest absolute Gasteiger partial charge is 0.296 e. The van der Waals surface area contributed by atoms with Crippen LogP contribution in [0.25, 0.3) is 0 Å². The lowest BCUT2D eigenvalue weighted by Gasteiger charge is -2.34. The molecule has 4 rings (SSSR count). The van der Waals surface area contributed by atoms with Crippen LogP contribution in [0.3, 0.4) is 0 Å². The van der Waals surface area contributed by atoms with E-state index in [9.17, 15) is 16.8 Å². The fourth-order valence-electron chi connectivity index (χ4n) is 3.99. The summed E-state index contributed by atoms with van der Waals surface area (Å²) in [5.41, 5.74) is 1.20. The van der Waals surface area contributed by atoms with Gasteiger partial charge in [0.15, 0.2) is 0 Å². The van der Waals surface area contributed by atoms with Gasteiger partial charge in [-0.15, -0.1) is 0 Å². The van der Waals surface area contributed by atoms with Crippen molar-refractivity contribution in [3.8, 4) is 0 Å². The Balaban J connectivity index is 1.46. The molecule has 0 aliphatic carbocycles. The predicted molar refractivity (Wildman–Crippen MR) is 115 cm³/mol. The van der Waals surface area contributed by atoms with Crippen molar-refractivity contribution >= 4 is 20.0 Å². The van der Waals surface area contributed by atoms with Crippen molar-refractivity contribution in [3.63, 3.8) is 0 Å². The molecule has 2 fully saturated rings. The normalized spacial score (nSPS) is 19.9. The molecule has 0 N–H and O–H groups in total. The van der Waals surface area contributed by atoms with E-state index in [1.165, 1.54) is 38.4 Å². The molecular formula is C21H27N3O4S2. The van der Waals surface area contributed by atoms with Gasteiger partial charge in [-0.3, -0.25) is 4.90 Å². The topological polar surface area (TPSA) is 78.0 Å². The van der Waals surface area contributed by atoms with Crippen LogP contribution in [0.1, 0.15) is 18.4 Å². The van der Waals surface area contributed by atoms with Crippen LogP contribution in [0.15, 0.2) is 64.4 Å². The molecule has 9 heteroatoms. The van der Waals surface area contributed by atoms with Crippen LogP contribution in [0.5, 0.6) is 0 Å². The molecule has 2 aliphatic heterocycles. The van der Waals surface area contributed by atoms with Gasteiger partial charge in [0.25, 0.3) is 0 Å². The van der Waals surface area contributed by atoms with Crippen LogP contribution in [0.2, 0.25) is 0 Å². The van der Waals surface area contributed by atoms with E-state index in [0.29, 0.717) is 39.3 Å². The Morgan fingerprint density at radius 2 is 1.17 bits per heavy atom. The number of piperazine rings is 1. The van der Waals surface area contributed by atoms with E-state index in [4.69, 9.17) is 0 Å². The molecular weight excluding hydrogens is 422 g/mol. The molecule has 0 bridgehead atoms. The average molecular weight is 450 g/mol. The number of nitrogens with zero attached hydrogens (tertiary/aromatic N) is 3. The third-order valence-electron chi connectivity index (χ3n) is 5.73. The molecule has 0 aromatic heterocycles. The van der Waals surface area contributed by atoms with E-state index < -0.39 is 20.0 Å². The summed E-state index contributed by atoms with van der Waals surface area (Å²) >= 11 is 0. The monoisotopic (exact) mass is 449 g/mol. The van der Waals surface area contributed by atoms with Gasteiger partial charge in [0, 0.05) is 45.8 Å². The Bertz CT molecular complexity index is 1070. The molecule has 0 saturated carbocycles. The van der Waals surface area contributed by atoms with Crippen LogP contribution < -0.4 is 0 Å². The summed E-state index contributed by atoms with van der Waals surface area (Å²) in [4.78, 5) is 2.32. The second kappa shape index (κ2) is 8.76. The summed E-state index contributed by atoms with van der Waals surface area (Å²) in [5.74, 6) is 0. The zero-order valence-corrected chi connectivity index (χ0v) is 18.5. The summed E-state index contributed by atoms with van der Waals surface area (Å²) in [6.45, 7) is 3.82. The van der Waals surface area contributed by atoms with Crippen LogP contribution >= 0.6 is 0 Å². The molecule has 0 amide bonds. The Kier molecular flexibility index (Phi) is 6.26. The van der Waals surface area contributed by atoms with Crippen molar-refractivity contribution in [3.05, 3.63) is 60.2 Å². The average Bonchev–Trinajstić information content (AvgIpc) is 3.31. The van der Waals surface area contributed by atoms with Gasteiger partial charge in [-0.1, -0.05) is 36.4 Å². The minimum absolute atomic E-state index is 0.0410. The zero-order valence-electron chi connectivity index (χ0n) is 16.9. The Hall–Kier alpha value is -1.78. The maximum atomic E-state index is 13.2. The summed E-state index contributed by atoms with van der Waals surface area (Å²) in [6.07, 6.45) is 1.68. The maximum Gasteiger partial charge on any atom is 0.243 e. The Morgan fingerprint density at radius 1 is 0.633 bits per heavy atom. The van der Waals surface area contributed by atoms with Gasteiger partial charge in [0.2, 0.25) is 20.0 Å². The maximum absolute atomic E-state index is 13.2. The van der Waals surface area contributed by atoms with Crippen LogP contribution in [-0.4, -0.2) is 69.6 Å². The Labute approximate surface area is 179 Å². The Morgan fingerprint density at radius 3 is 1.73 bits per heavy atom. The third kappa shape index (κ3) is 4.45. The zero-order chi connectivity index (χ0) is 21.2. The molecule has 2 aromatic carbocycles. The van der Waals surface area contributed by atoms with Crippen molar-refractivity contribution in [1.29, 1.82) is 0 Å². The van der Waals surface area contributed by atoms with Gasteiger partial charge in [-0.2, -0.15) is 8.61 Å². The van der Waals surface area contributed by atoms with Crippen LogP contribution in [0.4, 0.5) is 0 Å². The molecule has 2 aromatic rings. The minimum atomic E-state index is -3.74. The van der Waals surface area contributed by atoms with Gasteiger partial charge in [0.1, 0.15) is 0 Å². The molecule has 2 aliphatic rings. The highest BCUT2D eigenvalue weighted by Crippen LogP contribution is 2.25. The quantitative estimate of drug-likeness (QED) is 0.674. The molecule has 2 saturated heterocycles. The predicted octanol–water partition coefficient (Wildman–Crippen LogP) is 1.98. The molecule has 0 radical (unpaired) electrons. The number of sulfonamides is 2. The molecule has 0 spiro atoms. The van der Waals surface area contributed by atoms with E-state index in [2.05, 4.69) is 17.0 Å². The summed E-state index contributed by atoms with van der Waals surface area (Å²) in [7, 11) is -7.39. The van der Waals surface area contributed by atoms with Gasteiger partial charge in [-0.05, 0) is 36.6 Å². The van der Waals surface area contributed by atoms with E-state index in [1.807, 2.05) is 18.2 Å². The smallest absolute Gasteiger partial charge is 0.243 e. The fraction of sp³-hybridized carbons (Fsp3) is 0.429. The fourth-order valence-corrected chi connectivity index (χ4v) is 7.10. The molecule has 0 atom stereocenters. The number of hydrogen-bond acceptors (Lipinski definition) is 5. The first-order chi connectivity index (χ1) is 14.4. The van der Waals surface area contributed by atoms with Crippen molar-refractivity contribution in [1.82, 2.24) is 13.5 Å². The highest BCUT2D eigenvalue weighted by atomic mass is 32.2. The van der Waals surface area contributed by atoms with Gasteiger partial charge in [0.05, 0.1) is 9.79 Å². The van der Waals surface area contributed by atoms with Crippen molar-refractivity contribution < 1.29 is 16.8 Å². The van der Waals surface area contributed by atoms with Gasteiger partial charge in [-0.25, -0.2) is 16.8 Å². The van der Waals surface area contributed by atoms with Crippen LogP contribution in [0, 0.1) is 0 Å². The van der Waals surface area contributed by atoms with Gasteiger partial charge < -0.3 is 0 Å². The van der Waals surface area contributed by atoms with E-state index in [-0.39, 0.29) is 9.79 Å². The minimum Gasteiger partial charge on any atom is -0.296 e. The lowest BCUT2D eigenvalue weighted by Crippen LogP contribution is -2.48. The van der Waals surface area contributed by atoms with Gasteiger partial charge >= 0.3 is 0 Å². The van der Waals surface area contributed by atoms with E-state index >= 15 is 0 Å². The third-order valence-corrected chi connectivity index (χ3v) is 9.52. The standard InChI is InChI=1S/C21H27N3O4S2/c25-29(26,23-11-4-5-12-23)20-9-6-10-21(17-20)30(27,28)24-15-13-22(14-16-24)18-19-7-2-1-3-8-19/h1-3,6-10,17H,4-5,11-16,18H2. The van der Waals surface area contributed by atoms with Crippen molar-refractivity contribution in [2.75, 3.05) is 39.3 Å². The number of benzene rings is 2. The van der Waals surface area contributed by atoms with E-state index in [1.54, 1.807) is 0 Å². The first-order valence-corrected chi connectivity index (χ1v) is 13.1. The summed E-state index contributed by atoms with van der Waals surface area (Å²) < 4.78 is 54.8. The van der Waals surface area contributed by atoms with Crippen molar-refractivity contribution in [2.24, 2.45) is 0 Å². The number of hydrogen-bond donors (Lipinski definition) is 0. The highest BCUT2D eigenvalue weighted by molar-refractivity contribution is 7.90. The van der Waals surface area contributed by atoms with Crippen molar-refractivity contribution in [2.45, 2.75) is 29.2 Å². The SMILES string of the molecule is O=S(=O)(c1cccc(S(=O)(=O)N2CCN(Cc3ccccc3)CC2)c1)N1CCCC1. The second-order valence-electron chi connectivity index (χ2n) is 7.75. The lowest BCUT2D eigenvalue weighted by molar-refractivity contribution is 0.181. The molecule has 30 heavy (non-hydrogen) atoms. The summed E-state index contributed by atoms with van der Waals surface area (Å²) in [6, 6.07) is 15.9. The first kappa shape index (κ1) is 21.5. The first-order valence-electron chi connectivity index (χ1n) is 10.2. The second-order valence-corrected chi connectivity index (χ2v) is 11.6. The molecule has 2 heterocycles. The lowest BCUT2D eigenvalue weighted by atomic mass is 10.2. The molecule has 162 valence electrons. The van der Waals surface area contributed by atoms with E-state index in [0.717, 1.165) is 19.4 Å². The number of rotatable bonds is 6. The molecule has 7 nitrogen and oxygen atoms in total. The highest BCUT2D eigenvalue weighted by Gasteiger charge is 2.31. The van der Waals surface area contributed by atoms with Crippen LogP contribution in [-0.2, 0) is 26.6 Å². The summed E-state index contributed by atoms with van der Waals surface area (Å²) in [5, 5.41) is 0.